The lowest BCUT2D eigenvalue weighted by molar-refractivity contribution is -0.137. The van der Waals surface area contributed by atoms with Crippen molar-refractivity contribution in [1.29, 1.82) is 0 Å². The van der Waals surface area contributed by atoms with Gasteiger partial charge in [0.25, 0.3) is 5.91 Å². The van der Waals surface area contributed by atoms with E-state index in [1.165, 1.54) is 35.0 Å². The van der Waals surface area contributed by atoms with Gasteiger partial charge in [-0.1, -0.05) is 6.92 Å². The number of anilines is 1. The molecule has 1 amide bonds. The third-order valence-corrected chi connectivity index (χ3v) is 5.14. The Bertz CT molecular complexity index is 810. The fourth-order valence-corrected chi connectivity index (χ4v) is 3.73. The first-order valence-electron chi connectivity index (χ1n) is 7.75. The first-order chi connectivity index (χ1) is 11.8. The lowest BCUT2D eigenvalue weighted by Gasteiger charge is -2.23. The van der Waals surface area contributed by atoms with Crippen molar-refractivity contribution in [3.63, 3.8) is 0 Å². The summed E-state index contributed by atoms with van der Waals surface area (Å²) in [5.74, 6) is 0.0217. The summed E-state index contributed by atoms with van der Waals surface area (Å²) in [5, 5.41) is 0.195. The van der Waals surface area contributed by atoms with Crippen molar-refractivity contribution in [2.75, 3.05) is 11.4 Å². The van der Waals surface area contributed by atoms with Gasteiger partial charge in [-0.3, -0.25) is 4.79 Å². The SMILES string of the molecule is Cc1nccc(C(=O)N2CCC(C)Sc3ccc(C(F)(F)F)cc32)n1. The van der Waals surface area contributed by atoms with Gasteiger partial charge in [-0.15, -0.1) is 11.8 Å². The molecule has 0 saturated carbocycles. The highest BCUT2D eigenvalue weighted by molar-refractivity contribution is 8.00. The molecule has 0 aliphatic carbocycles. The van der Waals surface area contributed by atoms with Crippen LogP contribution in [0.3, 0.4) is 0 Å². The molecular formula is C17H16F3N3OS. The number of fused-ring (bicyclic) bond motifs is 1. The Labute approximate surface area is 147 Å². The third-order valence-electron chi connectivity index (χ3n) is 3.90. The summed E-state index contributed by atoms with van der Waals surface area (Å²) >= 11 is 1.48. The van der Waals surface area contributed by atoms with Crippen LogP contribution >= 0.6 is 11.8 Å². The van der Waals surface area contributed by atoms with Gasteiger partial charge < -0.3 is 4.90 Å². The summed E-state index contributed by atoms with van der Waals surface area (Å²) in [6.07, 6.45) is -2.31. The number of hydrogen-bond donors (Lipinski definition) is 0. The molecule has 0 fully saturated rings. The van der Waals surface area contributed by atoms with E-state index < -0.39 is 17.6 Å². The average Bonchev–Trinajstić information content (AvgIpc) is 2.71. The number of thioether (sulfide) groups is 1. The first kappa shape index (κ1) is 17.7. The van der Waals surface area contributed by atoms with Gasteiger partial charge in [0.2, 0.25) is 0 Å². The molecule has 0 radical (unpaired) electrons. The van der Waals surface area contributed by atoms with Crippen molar-refractivity contribution in [1.82, 2.24) is 9.97 Å². The second-order valence-corrected chi connectivity index (χ2v) is 7.32. The molecule has 1 atom stereocenters. The lowest BCUT2D eigenvalue weighted by Crippen LogP contribution is -2.33. The summed E-state index contributed by atoms with van der Waals surface area (Å²) in [7, 11) is 0. The number of amides is 1. The van der Waals surface area contributed by atoms with E-state index >= 15 is 0 Å². The van der Waals surface area contributed by atoms with Crippen LogP contribution in [0, 0.1) is 6.92 Å². The Hall–Kier alpha value is -2.09. The van der Waals surface area contributed by atoms with E-state index in [1.54, 1.807) is 6.92 Å². The first-order valence-corrected chi connectivity index (χ1v) is 8.63. The number of hydrogen-bond acceptors (Lipinski definition) is 4. The molecule has 3 rings (SSSR count). The number of halogens is 3. The zero-order valence-corrected chi connectivity index (χ0v) is 14.5. The van der Waals surface area contributed by atoms with Crippen molar-refractivity contribution in [2.24, 2.45) is 0 Å². The molecule has 8 heteroatoms. The summed E-state index contributed by atoms with van der Waals surface area (Å²) in [6, 6.07) is 5.02. The number of aryl methyl sites for hydroxylation is 1. The molecule has 2 heterocycles. The molecule has 1 aromatic heterocycles. The summed E-state index contributed by atoms with van der Waals surface area (Å²) < 4.78 is 39.3. The van der Waals surface area contributed by atoms with Gasteiger partial charge in [0.05, 0.1) is 11.3 Å². The standard InChI is InChI=1S/C17H16F3N3OS/c1-10-6-8-23(16(24)13-5-7-21-11(2)22-13)14-9-12(17(18,19)20)3-4-15(14)25-10/h3-5,7,9-10H,6,8H2,1-2H3. The number of carbonyl (C=O) groups excluding carboxylic acids is 1. The number of nitrogens with zero attached hydrogens (tertiary/aromatic N) is 3. The molecule has 25 heavy (non-hydrogen) atoms. The second-order valence-electron chi connectivity index (χ2n) is 5.84. The third kappa shape index (κ3) is 3.78. The molecule has 0 spiro atoms. The Morgan fingerprint density at radius 3 is 2.76 bits per heavy atom. The predicted molar refractivity (Wildman–Crippen MR) is 89.8 cm³/mol. The highest BCUT2D eigenvalue weighted by atomic mass is 32.2. The van der Waals surface area contributed by atoms with Gasteiger partial charge in [0, 0.05) is 22.9 Å². The zero-order chi connectivity index (χ0) is 18.2. The van der Waals surface area contributed by atoms with E-state index in [0.717, 1.165) is 12.1 Å². The fraction of sp³-hybridized carbons (Fsp3) is 0.353. The maximum Gasteiger partial charge on any atom is 0.416 e. The molecule has 2 aromatic rings. The number of carbonyl (C=O) groups is 1. The molecule has 1 aromatic carbocycles. The van der Waals surface area contributed by atoms with Crippen LogP contribution < -0.4 is 4.90 Å². The Kier molecular flexibility index (Phi) is 4.73. The average molecular weight is 367 g/mol. The van der Waals surface area contributed by atoms with E-state index in [9.17, 15) is 18.0 Å². The van der Waals surface area contributed by atoms with Crippen LogP contribution in [-0.2, 0) is 6.18 Å². The normalized spacial score (nSPS) is 17.8. The van der Waals surface area contributed by atoms with Crippen LogP contribution in [0.4, 0.5) is 18.9 Å². The maximum atomic E-state index is 13.1. The molecule has 1 unspecified atom stereocenters. The largest absolute Gasteiger partial charge is 0.416 e. The number of rotatable bonds is 1. The van der Waals surface area contributed by atoms with Gasteiger partial charge in [-0.05, 0) is 37.6 Å². The van der Waals surface area contributed by atoms with Crippen molar-refractivity contribution >= 4 is 23.4 Å². The highest BCUT2D eigenvalue weighted by Crippen LogP contribution is 2.41. The Morgan fingerprint density at radius 2 is 2.08 bits per heavy atom. The Balaban J connectivity index is 2.07. The van der Waals surface area contributed by atoms with Crippen molar-refractivity contribution < 1.29 is 18.0 Å². The minimum absolute atomic E-state index is 0.176. The van der Waals surface area contributed by atoms with E-state index in [-0.39, 0.29) is 16.6 Å². The Morgan fingerprint density at radius 1 is 1.32 bits per heavy atom. The van der Waals surface area contributed by atoms with Crippen LogP contribution in [0.25, 0.3) is 0 Å². The van der Waals surface area contributed by atoms with Crippen LogP contribution in [0.2, 0.25) is 0 Å². The number of aromatic nitrogens is 2. The van der Waals surface area contributed by atoms with Crippen molar-refractivity contribution in [3.8, 4) is 0 Å². The van der Waals surface area contributed by atoms with E-state index in [1.807, 2.05) is 6.92 Å². The smallest absolute Gasteiger partial charge is 0.306 e. The molecule has 0 saturated heterocycles. The molecular weight excluding hydrogens is 351 g/mol. The minimum atomic E-state index is -4.46. The molecule has 0 bridgehead atoms. The van der Waals surface area contributed by atoms with Gasteiger partial charge in [0.1, 0.15) is 11.5 Å². The minimum Gasteiger partial charge on any atom is -0.306 e. The monoisotopic (exact) mass is 367 g/mol. The summed E-state index contributed by atoms with van der Waals surface area (Å²) in [6.45, 7) is 3.99. The maximum absolute atomic E-state index is 13.1. The van der Waals surface area contributed by atoms with E-state index in [0.29, 0.717) is 23.7 Å². The zero-order valence-electron chi connectivity index (χ0n) is 13.7. The van der Waals surface area contributed by atoms with Gasteiger partial charge in [-0.25, -0.2) is 9.97 Å². The second kappa shape index (κ2) is 6.67. The lowest BCUT2D eigenvalue weighted by atomic mass is 10.1. The predicted octanol–water partition coefficient (Wildman–Crippen LogP) is 4.33. The van der Waals surface area contributed by atoms with Crippen LogP contribution in [0.15, 0.2) is 35.4 Å². The molecule has 1 aliphatic rings. The van der Waals surface area contributed by atoms with Crippen molar-refractivity contribution in [3.05, 3.63) is 47.5 Å². The van der Waals surface area contributed by atoms with Crippen molar-refractivity contribution in [2.45, 2.75) is 36.6 Å². The molecule has 0 N–H and O–H groups in total. The topological polar surface area (TPSA) is 46.1 Å². The van der Waals surface area contributed by atoms with Gasteiger partial charge in [-0.2, -0.15) is 13.2 Å². The van der Waals surface area contributed by atoms with Crippen LogP contribution in [0.1, 0.15) is 35.2 Å². The summed E-state index contributed by atoms with van der Waals surface area (Å²) in [4.78, 5) is 23.0. The quantitative estimate of drug-likeness (QED) is 0.752. The number of alkyl halides is 3. The molecule has 4 nitrogen and oxygen atoms in total. The van der Waals surface area contributed by atoms with Gasteiger partial charge >= 0.3 is 6.18 Å². The van der Waals surface area contributed by atoms with Crippen LogP contribution in [-0.4, -0.2) is 27.7 Å². The molecule has 132 valence electrons. The molecule has 1 aliphatic heterocycles. The number of benzene rings is 1. The van der Waals surface area contributed by atoms with Gasteiger partial charge in [0.15, 0.2) is 0 Å². The highest BCUT2D eigenvalue weighted by Gasteiger charge is 2.33. The van der Waals surface area contributed by atoms with Crippen LogP contribution in [0.5, 0.6) is 0 Å². The van der Waals surface area contributed by atoms with E-state index in [4.69, 9.17) is 0 Å². The van der Waals surface area contributed by atoms with E-state index in [2.05, 4.69) is 9.97 Å². The fourth-order valence-electron chi connectivity index (χ4n) is 2.64. The summed E-state index contributed by atoms with van der Waals surface area (Å²) in [5.41, 5.74) is -0.307.